The van der Waals surface area contributed by atoms with Crippen molar-refractivity contribution < 1.29 is 18.5 Å². The number of thioether (sulfide) groups is 1. The van der Waals surface area contributed by atoms with Crippen molar-refractivity contribution in [3.05, 3.63) is 59.7 Å². The van der Waals surface area contributed by atoms with E-state index in [1.807, 2.05) is 57.4 Å². The van der Waals surface area contributed by atoms with E-state index in [2.05, 4.69) is 15.3 Å². The van der Waals surface area contributed by atoms with Crippen molar-refractivity contribution in [2.75, 3.05) is 12.9 Å². The molecule has 0 aliphatic heterocycles. The molecular weight excluding hydrogens is 417 g/mol. The third-order valence-electron chi connectivity index (χ3n) is 4.47. The van der Waals surface area contributed by atoms with Crippen LogP contribution in [0.1, 0.15) is 45.1 Å². The van der Waals surface area contributed by atoms with Crippen LogP contribution in [0.5, 0.6) is 5.75 Å². The van der Waals surface area contributed by atoms with Gasteiger partial charge in [-0.3, -0.25) is 0 Å². The Morgan fingerprint density at radius 3 is 2.52 bits per heavy atom. The minimum atomic E-state index is -0.263. The van der Waals surface area contributed by atoms with Crippen LogP contribution in [-0.2, 0) is 4.84 Å². The van der Waals surface area contributed by atoms with Crippen LogP contribution in [0.25, 0.3) is 11.4 Å². The van der Waals surface area contributed by atoms with Crippen molar-refractivity contribution in [1.82, 2.24) is 10.1 Å². The number of ether oxygens (including phenoxy) is 1. The highest BCUT2D eigenvalue weighted by Gasteiger charge is 2.12. The standard InChI is InChI=1S/C23H26FN3O3S/c1-14(2)23-25-22(27-30-23)17-6-9-19(10-7-17)29-15(3)13-28-26-16(4)18-8-11-21(31-5)20(24)12-18/h6-12,14-15H,13H2,1-5H3/b26-16+. The van der Waals surface area contributed by atoms with E-state index in [1.54, 1.807) is 13.0 Å². The molecule has 0 bridgehead atoms. The molecule has 0 spiro atoms. The Labute approximate surface area is 185 Å². The van der Waals surface area contributed by atoms with Gasteiger partial charge in [0, 0.05) is 21.9 Å². The monoisotopic (exact) mass is 443 g/mol. The van der Waals surface area contributed by atoms with Gasteiger partial charge in [-0.15, -0.1) is 11.8 Å². The molecule has 164 valence electrons. The predicted molar refractivity (Wildman–Crippen MR) is 120 cm³/mol. The number of nitrogens with zero attached hydrogens (tertiary/aromatic N) is 3. The van der Waals surface area contributed by atoms with Crippen LogP contribution in [0.2, 0.25) is 0 Å². The van der Waals surface area contributed by atoms with Gasteiger partial charge >= 0.3 is 0 Å². The molecular formula is C23H26FN3O3S. The largest absolute Gasteiger partial charge is 0.487 e. The van der Waals surface area contributed by atoms with E-state index in [4.69, 9.17) is 14.1 Å². The average Bonchev–Trinajstić information content (AvgIpc) is 3.25. The third-order valence-corrected chi connectivity index (χ3v) is 5.24. The summed E-state index contributed by atoms with van der Waals surface area (Å²) in [6, 6.07) is 12.5. The lowest BCUT2D eigenvalue weighted by molar-refractivity contribution is 0.0630. The smallest absolute Gasteiger partial charge is 0.229 e. The molecule has 0 saturated carbocycles. The molecule has 1 atom stereocenters. The van der Waals surface area contributed by atoms with Crippen LogP contribution in [0.3, 0.4) is 0 Å². The van der Waals surface area contributed by atoms with Crippen LogP contribution in [-0.4, -0.2) is 34.8 Å². The van der Waals surface area contributed by atoms with Gasteiger partial charge < -0.3 is 14.1 Å². The first-order chi connectivity index (χ1) is 14.9. The maximum absolute atomic E-state index is 13.9. The van der Waals surface area contributed by atoms with Crippen LogP contribution in [0.15, 0.2) is 57.0 Å². The van der Waals surface area contributed by atoms with E-state index in [1.165, 1.54) is 17.8 Å². The first-order valence-electron chi connectivity index (χ1n) is 9.98. The second kappa shape index (κ2) is 10.4. The Kier molecular flexibility index (Phi) is 7.68. The normalized spacial score (nSPS) is 12.8. The summed E-state index contributed by atoms with van der Waals surface area (Å²) in [5, 5.41) is 8.09. The van der Waals surface area contributed by atoms with Gasteiger partial charge in [0.25, 0.3) is 0 Å². The van der Waals surface area contributed by atoms with Crippen LogP contribution in [0, 0.1) is 5.82 Å². The molecule has 1 aromatic heterocycles. The zero-order valence-corrected chi connectivity index (χ0v) is 19.1. The molecule has 0 fully saturated rings. The van der Waals surface area contributed by atoms with Gasteiger partial charge in [0.2, 0.25) is 11.7 Å². The molecule has 3 aromatic rings. The molecule has 0 saturated heterocycles. The van der Waals surface area contributed by atoms with Crippen molar-refractivity contribution in [3.8, 4) is 17.1 Å². The number of oxime groups is 1. The van der Waals surface area contributed by atoms with Gasteiger partial charge in [0.15, 0.2) is 6.61 Å². The third kappa shape index (κ3) is 6.07. The highest BCUT2D eigenvalue weighted by atomic mass is 32.2. The maximum atomic E-state index is 13.9. The Morgan fingerprint density at radius 1 is 1.16 bits per heavy atom. The van der Waals surface area contributed by atoms with Crippen molar-refractivity contribution >= 4 is 17.5 Å². The van der Waals surface area contributed by atoms with Gasteiger partial charge in [0.1, 0.15) is 17.7 Å². The Hall–Kier alpha value is -2.87. The zero-order valence-electron chi connectivity index (χ0n) is 18.3. The number of benzene rings is 2. The number of hydrogen-bond acceptors (Lipinski definition) is 7. The molecule has 8 heteroatoms. The Morgan fingerprint density at radius 2 is 1.90 bits per heavy atom. The van der Waals surface area contributed by atoms with Crippen molar-refractivity contribution in [3.63, 3.8) is 0 Å². The second-order valence-corrected chi connectivity index (χ2v) is 8.23. The Bertz CT molecular complexity index is 1030. The number of rotatable bonds is 9. The van der Waals surface area contributed by atoms with E-state index >= 15 is 0 Å². The highest BCUT2D eigenvalue weighted by Crippen LogP contribution is 2.23. The molecule has 31 heavy (non-hydrogen) atoms. The van der Waals surface area contributed by atoms with Gasteiger partial charge in [-0.25, -0.2) is 4.39 Å². The van der Waals surface area contributed by atoms with Crippen LogP contribution in [0.4, 0.5) is 4.39 Å². The number of hydrogen-bond donors (Lipinski definition) is 0. The minimum absolute atomic E-state index is 0.185. The van der Waals surface area contributed by atoms with Gasteiger partial charge in [-0.05, 0) is 56.5 Å². The quantitative estimate of drug-likeness (QED) is 0.232. The molecule has 0 N–H and O–H groups in total. The molecule has 1 unspecified atom stereocenters. The summed E-state index contributed by atoms with van der Waals surface area (Å²) < 4.78 is 25.0. The average molecular weight is 444 g/mol. The first kappa shape index (κ1) is 22.8. The molecule has 0 radical (unpaired) electrons. The lowest BCUT2D eigenvalue weighted by Crippen LogP contribution is -2.18. The van der Waals surface area contributed by atoms with Gasteiger partial charge in [-0.2, -0.15) is 4.98 Å². The predicted octanol–water partition coefficient (Wildman–Crippen LogP) is 5.93. The van der Waals surface area contributed by atoms with Gasteiger partial charge in [0.05, 0.1) is 5.71 Å². The fourth-order valence-electron chi connectivity index (χ4n) is 2.72. The topological polar surface area (TPSA) is 69.7 Å². The lowest BCUT2D eigenvalue weighted by Gasteiger charge is -2.14. The lowest BCUT2D eigenvalue weighted by atomic mass is 10.1. The van der Waals surface area contributed by atoms with E-state index in [0.29, 0.717) is 33.6 Å². The molecule has 1 heterocycles. The SMILES string of the molecule is CSc1ccc(/C(C)=N/OCC(C)Oc2ccc(-c3noc(C(C)C)n3)cc2)cc1F. The first-order valence-corrected chi connectivity index (χ1v) is 11.2. The van der Waals surface area contributed by atoms with E-state index in [0.717, 1.165) is 5.56 Å². The summed E-state index contributed by atoms with van der Waals surface area (Å²) in [6.07, 6.45) is 1.61. The molecule has 6 nitrogen and oxygen atoms in total. The van der Waals surface area contributed by atoms with Crippen molar-refractivity contribution in [2.45, 2.75) is 44.6 Å². The van der Waals surface area contributed by atoms with Gasteiger partial charge in [-0.1, -0.05) is 30.2 Å². The Balaban J connectivity index is 1.52. The van der Waals surface area contributed by atoms with Crippen molar-refractivity contribution in [1.29, 1.82) is 0 Å². The highest BCUT2D eigenvalue weighted by molar-refractivity contribution is 7.98. The summed E-state index contributed by atoms with van der Waals surface area (Å²) in [6.45, 7) is 7.93. The van der Waals surface area contributed by atoms with E-state index in [9.17, 15) is 4.39 Å². The minimum Gasteiger partial charge on any atom is -0.487 e. The van der Waals surface area contributed by atoms with Crippen LogP contribution < -0.4 is 4.74 Å². The summed E-state index contributed by atoms with van der Waals surface area (Å²) in [4.78, 5) is 10.4. The number of halogens is 1. The van der Waals surface area contributed by atoms with Crippen LogP contribution >= 0.6 is 11.8 Å². The molecule has 0 aliphatic rings. The second-order valence-electron chi connectivity index (χ2n) is 7.39. The summed E-state index contributed by atoms with van der Waals surface area (Å²) in [7, 11) is 0. The van der Waals surface area contributed by atoms with E-state index in [-0.39, 0.29) is 24.4 Å². The maximum Gasteiger partial charge on any atom is 0.229 e. The molecule has 2 aromatic carbocycles. The molecule has 3 rings (SSSR count). The summed E-state index contributed by atoms with van der Waals surface area (Å²) in [5.74, 6) is 1.78. The number of aromatic nitrogens is 2. The summed E-state index contributed by atoms with van der Waals surface area (Å²) >= 11 is 1.37. The zero-order chi connectivity index (χ0) is 22.4. The van der Waals surface area contributed by atoms with E-state index < -0.39 is 0 Å². The summed E-state index contributed by atoms with van der Waals surface area (Å²) in [5.41, 5.74) is 2.14. The molecule has 0 amide bonds. The fraction of sp³-hybridized carbons (Fsp3) is 0.348. The van der Waals surface area contributed by atoms with Crippen molar-refractivity contribution in [2.24, 2.45) is 5.16 Å². The fourth-order valence-corrected chi connectivity index (χ4v) is 3.18. The molecule has 0 aliphatic carbocycles.